The van der Waals surface area contributed by atoms with Crippen molar-refractivity contribution in [2.24, 2.45) is 0 Å². The van der Waals surface area contributed by atoms with Gasteiger partial charge >= 0.3 is 11.9 Å². The van der Waals surface area contributed by atoms with Crippen LogP contribution in [0.25, 0.3) is 11.1 Å². The van der Waals surface area contributed by atoms with Crippen LogP contribution in [0.1, 0.15) is 80.8 Å². The molecule has 4 heteroatoms. The van der Waals surface area contributed by atoms with Crippen molar-refractivity contribution in [1.29, 1.82) is 0 Å². The molecule has 0 fully saturated rings. The summed E-state index contributed by atoms with van der Waals surface area (Å²) in [4.78, 5) is 24.4. The first-order valence-electron chi connectivity index (χ1n) is 13.1. The van der Waals surface area contributed by atoms with Crippen molar-refractivity contribution in [3.8, 4) is 16.9 Å². The van der Waals surface area contributed by atoms with Gasteiger partial charge in [-0.2, -0.15) is 0 Å². The van der Waals surface area contributed by atoms with Crippen LogP contribution in [0.3, 0.4) is 0 Å². The van der Waals surface area contributed by atoms with Gasteiger partial charge in [-0.05, 0) is 79.6 Å². The zero-order chi connectivity index (χ0) is 25.8. The first-order valence-corrected chi connectivity index (χ1v) is 13.1. The fourth-order valence-electron chi connectivity index (χ4n) is 4.03. The smallest absolute Gasteiger partial charge is 0.338 e. The van der Waals surface area contributed by atoms with E-state index in [2.05, 4.69) is 31.2 Å². The van der Waals surface area contributed by atoms with Gasteiger partial charge in [0.1, 0.15) is 5.75 Å². The Bertz CT molecular complexity index is 1080. The van der Waals surface area contributed by atoms with Crippen molar-refractivity contribution in [1.82, 2.24) is 0 Å². The molecule has 0 saturated heterocycles. The SMILES string of the molecule is CCCCCCCc1ccc(CCC(=O)Oc2ccc(-c3ccc(C(=O)OC(C)C)cc3)cc2)cc1. The largest absolute Gasteiger partial charge is 0.459 e. The molecule has 3 aromatic carbocycles. The maximum atomic E-state index is 12.3. The summed E-state index contributed by atoms with van der Waals surface area (Å²) in [5, 5.41) is 0. The molecule has 0 saturated carbocycles. The Morgan fingerprint density at radius 3 is 1.83 bits per heavy atom. The molecule has 0 aliphatic rings. The van der Waals surface area contributed by atoms with E-state index in [9.17, 15) is 9.59 Å². The van der Waals surface area contributed by atoms with Crippen LogP contribution in [0.5, 0.6) is 5.75 Å². The first-order chi connectivity index (χ1) is 17.4. The standard InChI is InChI=1S/C32H38O4/c1-4-5-6-7-8-9-25-10-12-26(13-11-25)14-23-31(33)36-30-21-19-28(20-22-30)27-15-17-29(18-16-27)32(34)35-24(2)3/h10-13,15-22,24H,4-9,14,23H2,1-3H3. The normalized spacial score (nSPS) is 10.9. The number of carbonyl (C=O) groups is 2. The minimum absolute atomic E-state index is 0.150. The number of esters is 2. The van der Waals surface area contributed by atoms with Crippen molar-refractivity contribution in [3.05, 3.63) is 89.5 Å². The lowest BCUT2D eigenvalue weighted by molar-refractivity contribution is -0.134. The average molecular weight is 487 g/mol. The minimum Gasteiger partial charge on any atom is -0.459 e. The Hall–Kier alpha value is -3.40. The number of aryl methyl sites for hydroxylation is 2. The molecule has 36 heavy (non-hydrogen) atoms. The number of ether oxygens (including phenoxy) is 2. The van der Waals surface area contributed by atoms with Crippen LogP contribution >= 0.6 is 0 Å². The van der Waals surface area contributed by atoms with Gasteiger partial charge in [0.05, 0.1) is 11.7 Å². The average Bonchev–Trinajstić information content (AvgIpc) is 2.88. The lowest BCUT2D eigenvalue weighted by Crippen LogP contribution is -2.11. The highest BCUT2D eigenvalue weighted by molar-refractivity contribution is 5.90. The molecular weight excluding hydrogens is 448 g/mol. The topological polar surface area (TPSA) is 52.6 Å². The summed E-state index contributed by atoms with van der Waals surface area (Å²) in [6.07, 6.45) is 8.43. The van der Waals surface area contributed by atoms with Gasteiger partial charge in [-0.3, -0.25) is 4.79 Å². The second kappa shape index (κ2) is 14.2. The van der Waals surface area contributed by atoms with E-state index in [0.29, 0.717) is 24.2 Å². The van der Waals surface area contributed by atoms with E-state index >= 15 is 0 Å². The van der Waals surface area contributed by atoms with Gasteiger partial charge in [0.25, 0.3) is 0 Å². The predicted octanol–water partition coefficient (Wildman–Crippen LogP) is 7.97. The summed E-state index contributed by atoms with van der Waals surface area (Å²) in [5.74, 6) is -0.0392. The monoisotopic (exact) mass is 486 g/mol. The molecule has 0 aromatic heterocycles. The van der Waals surface area contributed by atoms with Gasteiger partial charge < -0.3 is 9.47 Å². The number of unbranched alkanes of at least 4 members (excludes halogenated alkanes) is 4. The third-order valence-corrected chi connectivity index (χ3v) is 6.09. The minimum atomic E-state index is -0.326. The van der Waals surface area contributed by atoms with Crippen LogP contribution in [0.4, 0.5) is 0 Å². The fraction of sp³-hybridized carbons (Fsp3) is 0.375. The number of hydrogen-bond donors (Lipinski definition) is 0. The molecule has 3 rings (SSSR count). The van der Waals surface area contributed by atoms with Crippen LogP contribution in [0.2, 0.25) is 0 Å². The van der Waals surface area contributed by atoms with Crippen LogP contribution in [0.15, 0.2) is 72.8 Å². The Kier molecular flexibility index (Phi) is 10.7. The van der Waals surface area contributed by atoms with Crippen molar-refractivity contribution in [3.63, 3.8) is 0 Å². The first kappa shape index (κ1) is 27.2. The van der Waals surface area contributed by atoms with Crippen LogP contribution in [0, 0.1) is 0 Å². The molecule has 0 radical (unpaired) electrons. The third-order valence-electron chi connectivity index (χ3n) is 6.09. The predicted molar refractivity (Wildman–Crippen MR) is 145 cm³/mol. The molecule has 0 aliphatic carbocycles. The molecule has 190 valence electrons. The molecule has 0 unspecified atom stereocenters. The molecule has 3 aromatic rings. The van der Waals surface area contributed by atoms with E-state index in [1.807, 2.05) is 38.1 Å². The summed E-state index contributed by atoms with van der Waals surface area (Å²) >= 11 is 0. The second-order valence-corrected chi connectivity index (χ2v) is 9.51. The zero-order valence-corrected chi connectivity index (χ0v) is 21.8. The van der Waals surface area contributed by atoms with Gasteiger partial charge in [0, 0.05) is 6.42 Å². The lowest BCUT2D eigenvalue weighted by atomic mass is 10.0. The van der Waals surface area contributed by atoms with Gasteiger partial charge in [-0.15, -0.1) is 0 Å². The van der Waals surface area contributed by atoms with Crippen molar-refractivity contribution < 1.29 is 19.1 Å². The summed E-state index contributed by atoms with van der Waals surface area (Å²) < 4.78 is 10.7. The molecule has 0 spiro atoms. The van der Waals surface area contributed by atoms with Gasteiger partial charge in [0.15, 0.2) is 0 Å². The van der Waals surface area contributed by atoms with Crippen LogP contribution in [-0.4, -0.2) is 18.0 Å². The van der Waals surface area contributed by atoms with E-state index in [-0.39, 0.29) is 18.0 Å². The molecule has 4 nitrogen and oxygen atoms in total. The summed E-state index contributed by atoms with van der Waals surface area (Å²) in [5.41, 5.74) is 4.98. The van der Waals surface area contributed by atoms with Crippen LogP contribution in [-0.2, 0) is 22.4 Å². The Balaban J connectivity index is 1.44. The molecule has 0 atom stereocenters. The van der Waals surface area contributed by atoms with E-state index in [1.165, 1.54) is 37.7 Å². The summed E-state index contributed by atoms with van der Waals surface area (Å²) in [6, 6.07) is 23.3. The van der Waals surface area contributed by atoms with Gasteiger partial charge in [0.2, 0.25) is 0 Å². The molecule has 0 aliphatic heterocycles. The zero-order valence-electron chi connectivity index (χ0n) is 21.8. The Morgan fingerprint density at radius 2 is 1.25 bits per heavy atom. The Labute approximate surface area is 215 Å². The molecule has 0 amide bonds. The summed E-state index contributed by atoms with van der Waals surface area (Å²) in [7, 11) is 0. The maximum absolute atomic E-state index is 12.3. The van der Waals surface area contributed by atoms with Gasteiger partial charge in [-0.1, -0.05) is 81.1 Å². The van der Waals surface area contributed by atoms with Crippen molar-refractivity contribution in [2.75, 3.05) is 0 Å². The lowest BCUT2D eigenvalue weighted by Gasteiger charge is -2.09. The van der Waals surface area contributed by atoms with E-state index < -0.39 is 0 Å². The third kappa shape index (κ3) is 8.99. The maximum Gasteiger partial charge on any atom is 0.338 e. The molecule has 0 N–H and O–H groups in total. The molecule has 0 bridgehead atoms. The number of benzene rings is 3. The molecular formula is C32H38O4. The van der Waals surface area contributed by atoms with Crippen molar-refractivity contribution >= 4 is 11.9 Å². The van der Waals surface area contributed by atoms with Crippen LogP contribution < -0.4 is 4.74 Å². The second-order valence-electron chi connectivity index (χ2n) is 9.51. The highest BCUT2D eigenvalue weighted by Crippen LogP contribution is 2.23. The van der Waals surface area contributed by atoms with Crippen molar-refractivity contribution in [2.45, 2.75) is 78.2 Å². The Morgan fingerprint density at radius 1 is 0.694 bits per heavy atom. The summed E-state index contributed by atoms with van der Waals surface area (Å²) in [6.45, 7) is 5.89. The van der Waals surface area contributed by atoms with E-state index in [0.717, 1.165) is 23.1 Å². The quantitative estimate of drug-likeness (QED) is 0.140. The molecule has 0 heterocycles. The number of rotatable bonds is 13. The highest BCUT2D eigenvalue weighted by Gasteiger charge is 2.10. The van der Waals surface area contributed by atoms with E-state index in [4.69, 9.17) is 9.47 Å². The number of hydrogen-bond acceptors (Lipinski definition) is 4. The fourth-order valence-corrected chi connectivity index (χ4v) is 4.03. The number of carbonyl (C=O) groups excluding carboxylic acids is 2. The van der Waals surface area contributed by atoms with Gasteiger partial charge in [-0.25, -0.2) is 4.79 Å². The van der Waals surface area contributed by atoms with E-state index in [1.54, 1.807) is 24.3 Å². The highest BCUT2D eigenvalue weighted by atomic mass is 16.5.